The summed E-state index contributed by atoms with van der Waals surface area (Å²) in [6, 6.07) is 0. The Morgan fingerprint density at radius 2 is 2.17 bits per heavy atom. The van der Waals surface area contributed by atoms with E-state index in [4.69, 9.17) is 5.73 Å². The van der Waals surface area contributed by atoms with Gasteiger partial charge in [-0.2, -0.15) is 13.2 Å². The fourth-order valence-electron chi connectivity index (χ4n) is 4.17. The number of allylic oxidation sites excluding steroid dienone is 1. The molecule has 154 valence electrons. The van der Waals surface area contributed by atoms with Gasteiger partial charge >= 0.3 is 6.18 Å². The number of carbonyl (C=O) groups excluding carboxylic acids is 1. The summed E-state index contributed by atoms with van der Waals surface area (Å²) in [5.74, 6) is -0.110. The minimum atomic E-state index is -4.36. The number of amides is 1. The van der Waals surface area contributed by atoms with Crippen LogP contribution < -0.4 is 11.3 Å². The number of aromatic nitrogens is 2. The van der Waals surface area contributed by atoms with Gasteiger partial charge in [0.25, 0.3) is 11.5 Å². The second-order valence-electron chi connectivity index (χ2n) is 7.72. The average molecular weight is 407 g/mol. The number of nitrogens with two attached hydrogens (primary N) is 1. The Morgan fingerprint density at radius 3 is 2.90 bits per heavy atom. The van der Waals surface area contributed by atoms with E-state index in [1.165, 1.54) is 12.3 Å². The number of aryl methyl sites for hydroxylation is 1. The van der Waals surface area contributed by atoms with E-state index in [1.807, 2.05) is 6.92 Å². The van der Waals surface area contributed by atoms with Gasteiger partial charge < -0.3 is 20.6 Å². The number of halogens is 3. The number of nitrogens with one attached hydrogen (secondary N) is 2. The van der Waals surface area contributed by atoms with Crippen LogP contribution in [0.4, 0.5) is 13.2 Å². The van der Waals surface area contributed by atoms with Crippen molar-refractivity contribution in [2.75, 3.05) is 19.6 Å². The van der Waals surface area contributed by atoms with Crippen molar-refractivity contribution in [1.82, 2.24) is 14.9 Å². The summed E-state index contributed by atoms with van der Waals surface area (Å²) in [4.78, 5) is 35.8. The number of likely N-dealkylation sites (tertiary alicyclic amines) is 1. The third kappa shape index (κ3) is 3.32. The second kappa shape index (κ2) is 6.50. The summed E-state index contributed by atoms with van der Waals surface area (Å²) in [5.41, 5.74) is 7.52. The molecule has 1 saturated carbocycles. The van der Waals surface area contributed by atoms with Crippen molar-refractivity contribution < 1.29 is 18.0 Å². The molecule has 29 heavy (non-hydrogen) atoms. The number of fused-ring (bicyclic) bond motifs is 2. The maximum atomic E-state index is 13.0. The monoisotopic (exact) mass is 407 g/mol. The molecule has 1 amide bonds. The zero-order valence-corrected chi connectivity index (χ0v) is 15.6. The van der Waals surface area contributed by atoms with Crippen LogP contribution in [0.25, 0.3) is 10.9 Å². The quantitative estimate of drug-likeness (QED) is 0.676. The number of rotatable bonds is 4. The van der Waals surface area contributed by atoms with Crippen molar-refractivity contribution in [3.8, 4) is 0 Å². The van der Waals surface area contributed by atoms with Crippen LogP contribution in [0, 0.1) is 18.3 Å². The Morgan fingerprint density at radius 1 is 1.41 bits per heavy atom. The lowest BCUT2D eigenvalue weighted by molar-refractivity contribution is -0.118. The van der Waals surface area contributed by atoms with Crippen molar-refractivity contribution in [2.24, 2.45) is 22.1 Å². The minimum absolute atomic E-state index is 0.156. The van der Waals surface area contributed by atoms with Crippen LogP contribution in [0.1, 0.15) is 22.3 Å². The number of alkyl halides is 3. The lowest BCUT2D eigenvalue weighted by Gasteiger charge is -2.21. The van der Waals surface area contributed by atoms with Crippen LogP contribution in [-0.4, -0.2) is 52.8 Å². The van der Waals surface area contributed by atoms with Gasteiger partial charge in [-0.05, 0) is 30.9 Å². The zero-order valence-electron chi connectivity index (χ0n) is 15.6. The highest BCUT2D eigenvalue weighted by molar-refractivity contribution is 6.07. The number of pyridine rings is 1. The van der Waals surface area contributed by atoms with Crippen LogP contribution in [0.5, 0.6) is 0 Å². The molecular weight excluding hydrogens is 387 g/mol. The summed E-state index contributed by atoms with van der Waals surface area (Å²) < 4.78 is 36.5. The highest BCUT2D eigenvalue weighted by Gasteiger charge is 2.62. The van der Waals surface area contributed by atoms with Crippen LogP contribution in [0.3, 0.4) is 0 Å². The molecule has 0 bridgehead atoms. The smallest absolute Gasteiger partial charge is 0.401 e. The number of aliphatic imine (C=N–C) groups is 1. The Balaban J connectivity index is 1.52. The van der Waals surface area contributed by atoms with E-state index < -0.39 is 18.1 Å². The molecule has 2 unspecified atom stereocenters. The molecular formula is C19H20F3N5O2. The molecule has 2 atom stereocenters. The fourth-order valence-corrected chi connectivity index (χ4v) is 4.17. The van der Waals surface area contributed by atoms with Gasteiger partial charge in [0.15, 0.2) is 0 Å². The summed E-state index contributed by atoms with van der Waals surface area (Å²) in [5, 5.41) is 0.326. The molecule has 2 aromatic heterocycles. The van der Waals surface area contributed by atoms with Gasteiger partial charge in [-0.1, -0.05) is 0 Å². The standard InChI is InChI=1S/C19H20F3N5O2/c1-10-5-26-16(28)14-12(6-25-15(10)14)17(29)27-7-11-4-18(11,9-27)13(23)2-3-24-8-19(20,21)22/h2-3,5-6,11,25H,4,7-9,23H2,1H3,(H,26,28). The van der Waals surface area contributed by atoms with Gasteiger partial charge in [-0.15, -0.1) is 0 Å². The molecule has 2 aliphatic rings. The molecule has 1 aliphatic carbocycles. The van der Waals surface area contributed by atoms with E-state index in [0.29, 0.717) is 35.3 Å². The normalized spacial score (nSPS) is 24.5. The largest absolute Gasteiger partial charge is 0.407 e. The first-order valence-corrected chi connectivity index (χ1v) is 9.14. The third-order valence-corrected chi connectivity index (χ3v) is 5.79. The predicted octanol–water partition coefficient (Wildman–Crippen LogP) is 2.10. The number of hydrogen-bond donors (Lipinski definition) is 3. The molecule has 0 spiro atoms. The number of piperidine rings is 1. The second-order valence-corrected chi connectivity index (χ2v) is 7.72. The van der Waals surface area contributed by atoms with Gasteiger partial charge in [0.05, 0.1) is 16.5 Å². The lowest BCUT2D eigenvalue weighted by atomic mass is 10.0. The first-order valence-electron chi connectivity index (χ1n) is 9.14. The van der Waals surface area contributed by atoms with Crippen molar-refractivity contribution >= 4 is 23.0 Å². The number of aromatic amines is 2. The van der Waals surface area contributed by atoms with Gasteiger partial charge in [0.1, 0.15) is 6.54 Å². The first-order chi connectivity index (χ1) is 13.6. The van der Waals surface area contributed by atoms with E-state index in [9.17, 15) is 22.8 Å². The molecule has 10 heteroatoms. The van der Waals surface area contributed by atoms with E-state index in [-0.39, 0.29) is 17.4 Å². The van der Waals surface area contributed by atoms with Crippen molar-refractivity contribution in [1.29, 1.82) is 0 Å². The SMILES string of the molecule is Cc1c[nH]c(=O)c2c(C(=O)N3CC4CC4(C(N)=CC=NCC(F)(F)F)C3)c[nH]c12. The number of nitrogens with zero attached hydrogens (tertiary/aromatic N) is 2. The van der Waals surface area contributed by atoms with Crippen molar-refractivity contribution in [3.63, 3.8) is 0 Å². The molecule has 4 rings (SSSR count). The van der Waals surface area contributed by atoms with Gasteiger partial charge in [-0.3, -0.25) is 14.6 Å². The molecule has 1 saturated heterocycles. The molecule has 7 nitrogen and oxygen atoms in total. The van der Waals surface area contributed by atoms with E-state index >= 15 is 0 Å². The maximum Gasteiger partial charge on any atom is 0.407 e. The molecule has 4 N–H and O–H groups in total. The minimum Gasteiger partial charge on any atom is -0.401 e. The highest BCUT2D eigenvalue weighted by Crippen LogP contribution is 2.61. The topological polar surface area (TPSA) is 107 Å². The van der Waals surface area contributed by atoms with E-state index in [2.05, 4.69) is 15.0 Å². The van der Waals surface area contributed by atoms with E-state index in [0.717, 1.165) is 18.2 Å². The molecule has 1 aliphatic heterocycles. The average Bonchev–Trinajstić information content (AvgIpc) is 3.03. The van der Waals surface area contributed by atoms with Crippen LogP contribution in [0.15, 0.2) is 34.0 Å². The molecule has 0 aromatic carbocycles. The third-order valence-electron chi connectivity index (χ3n) is 5.79. The molecule has 2 fully saturated rings. The Kier molecular flexibility index (Phi) is 4.32. The number of H-pyrrole nitrogens is 2. The highest BCUT2D eigenvalue weighted by atomic mass is 19.4. The van der Waals surface area contributed by atoms with Gasteiger partial charge in [0.2, 0.25) is 0 Å². The Labute approximate surface area is 163 Å². The number of hydrogen-bond acceptors (Lipinski definition) is 4. The van der Waals surface area contributed by atoms with Crippen molar-refractivity contribution in [3.05, 3.63) is 45.6 Å². The lowest BCUT2D eigenvalue weighted by Crippen LogP contribution is -2.33. The van der Waals surface area contributed by atoms with Crippen LogP contribution >= 0.6 is 0 Å². The molecule has 3 heterocycles. The Bertz CT molecular complexity index is 1100. The molecule has 0 radical (unpaired) electrons. The van der Waals surface area contributed by atoms with Gasteiger partial charge in [0, 0.05) is 42.8 Å². The van der Waals surface area contributed by atoms with Crippen molar-refractivity contribution in [2.45, 2.75) is 19.5 Å². The first kappa shape index (κ1) is 19.3. The Hall–Kier alpha value is -3.04. The predicted molar refractivity (Wildman–Crippen MR) is 102 cm³/mol. The van der Waals surface area contributed by atoms with Crippen LogP contribution in [0.2, 0.25) is 0 Å². The summed E-state index contributed by atoms with van der Waals surface area (Å²) >= 11 is 0. The summed E-state index contributed by atoms with van der Waals surface area (Å²) in [6.07, 6.45) is 2.00. The number of carbonyl (C=O) groups is 1. The summed E-state index contributed by atoms with van der Waals surface area (Å²) in [7, 11) is 0. The zero-order chi connectivity index (χ0) is 21.0. The van der Waals surface area contributed by atoms with Crippen LogP contribution in [-0.2, 0) is 0 Å². The summed E-state index contributed by atoms with van der Waals surface area (Å²) in [6.45, 7) is 1.42. The van der Waals surface area contributed by atoms with Gasteiger partial charge in [-0.25, -0.2) is 0 Å². The molecule has 2 aromatic rings. The fraction of sp³-hybridized carbons (Fsp3) is 0.421. The van der Waals surface area contributed by atoms with E-state index in [1.54, 1.807) is 11.1 Å². The maximum absolute atomic E-state index is 13.0.